The SMILES string of the molecule is Cc1ccc(CNC(=O)CSc2nccnc2N2CCN(c3cccc(C)c3C)CC2)cc1. The Kier molecular flexibility index (Phi) is 7.50. The number of carbonyl (C=O) groups excluding carboxylic acids is 1. The van der Waals surface area contributed by atoms with Crippen molar-refractivity contribution >= 4 is 29.2 Å². The number of aryl methyl sites for hydroxylation is 2. The Labute approximate surface area is 200 Å². The number of hydrogen-bond donors (Lipinski definition) is 1. The van der Waals surface area contributed by atoms with Crippen LogP contribution in [0.3, 0.4) is 0 Å². The molecule has 0 atom stereocenters. The Morgan fingerprint density at radius 3 is 2.39 bits per heavy atom. The molecule has 33 heavy (non-hydrogen) atoms. The molecule has 1 fully saturated rings. The summed E-state index contributed by atoms with van der Waals surface area (Å²) in [5.41, 5.74) is 6.29. The highest BCUT2D eigenvalue weighted by Gasteiger charge is 2.22. The van der Waals surface area contributed by atoms with Crippen LogP contribution in [0.2, 0.25) is 0 Å². The highest BCUT2D eigenvalue weighted by atomic mass is 32.2. The molecule has 1 aromatic heterocycles. The Morgan fingerprint density at radius 2 is 1.64 bits per heavy atom. The van der Waals surface area contributed by atoms with Crippen molar-refractivity contribution in [2.24, 2.45) is 0 Å². The van der Waals surface area contributed by atoms with Crippen molar-refractivity contribution in [2.45, 2.75) is 32.3 Å². The highest BCUT2D eigenvalue weighted by molar-refractivity contribution is 8.00. The molecular formula is C26H31N5OS. The van der Waals surface area contributed by atoms with Crippen LogP contribution in [-0.4, -0.2) is 47.8 Å². The number of benzene rings is 2. The molecule has 4 rings (SSSR count). The van der Waals surface area contributed by atoms with Gasteiger partial charge in [0, 0.05) is 50.8 Å². The van der Waals surface area contributed by atoms with E-state index in [4.69, 9.17) is 0 Å². The summed E-state index contributed by atoms with van der Waals surface area (Å²) in [7, 11) is 0. The predicted molar refractivity (Wildman–Crippen MR) is 136 cm³/mol. The van der Waals surface area contributed by atoms with Crippen LogP contribution in [0.25, 0.3) is 0 Å². The Hall–Kier alpha value is -3.06. The van der Waals surface area contributed by atoms with Crippen LogP contribution in [0, 0.1) is 20.8 Å². The molecule has 2 heterocycles. The van der Waals surface area contributed by atoms with Gasteiger partial charge in [-0.25, -0.2) is 9.97 Å². The van der Waals surface area contributed by atoms with E-state index in [0.29, 0.717) is 12.3 Å². The molecule has 1 amide bonds. The summed E-state index contributed by atoms with van der Waals surface area (Å²) >= 11 is 1.45. The maximum Gasteiger partial charge on any atom is 0.230 e. The van der Waals surface area contributed by atoms with Gasteiger partial charge in [0.05, 0.1) is 5.75 Å². The van der Waals surface area contributed by atoms with Crippen LogP contribution in [0.15, 0.2) is 59.9 Å². The molecular weight excluding hydrogens is 430 g/mol. The lowest BCUT2D eigenvalue weighted by Crippen LogP contribution is -2.47. The summed E-state index contributed by atoms with van der Waals surface area (Å²) in [6.07, 6.45) is 3.43. The minimum absolute atomic E-state index is 0.00285. The lowest BCUT2D eigenvalue weighted by atomic mass is 10.1. The van der Waals surface area contributed by atoms with Gasteiger partial charge in [0.25, 0.3) is 0 Å². The van der Waals surface area contributed by atoms with Gasteiger partial charge in [-0.1, -0.05) is 53.7 Å². The number of piperazine rings is 1. The Bertz CT molecular complexity index is 1090. The minimum Gasteiger partial charge on any atom is -0.368 e. The topological polar surface area (TPSA) is 61.4 Å². The van der Waals surface area contributed by atoms with Gasteiger partial charge in [-0.05, 0) is 43.5 Å². The molecule has 172 valence electrons. The second kappa shape index (κ2) is 10.7. The van der Waals surface area contributed by atoms with Crippen LogP contribution in [0.5, 0.6) is 0 Å². The van der Waals surface area contributed by atoms with Crippen molar-refractivity contribution in [3.05, 3.63) is 77.1 Å². The fraction of sp³-hybridized carbons (Fsp3) is 0.346. The molecule has 1 aliphatic rings. The number of nitrogens with one attached hydrogen (secondary N) is 1. The standard InChI is InChI=1S/C26H31N5OS/c1-19-7-9-22(10-8-19)17-29-24(32)18-33-26-25(27-11-12-28-26)31-15-13-30(14-16-31)23-6-4-5-20(2)21(23)3/h4-12H,13-18H2,1-3H3,(H,29,32). The number of rotatable bonds is 7. The third-order valence-electron chi connectivity index (χ3n) is 6.09. The van der Waals surface area contributed by atoms with Gasteiger partial charge in [0.1, 0.15) is 5.03 Å². The molecule has 1 aliphatic heterocycles. The smallest absolute Gasteiger partial charge is 0.230 e. The maximum absolute atomic E-state index is 12.4. The van der Waals surface area contributed by atoms with Crippen molar-refractivity contribution < 1.29 is 4.79 Å². The number of carbonyl (C=O) groups is 1. The molecule has 1 N–H and O–H groups in total. The van der Waals surface area contributed by atoms with Crippen LogP contribution in [0.1, 0.15) is 22.3 Å². The molecule has 1 saturated heterocycles. The van der Waals surface area contributed by atoms with E-state index >= 15 is 0 Å². The summed E-state index contributed by atoms with van der Waals surface area (Å²) in [6.45, 7) is 10.6. The third-order valence-corrected chi connectivity index (χ3v) is 7.06. The zero-order valence-corrected chi connectivity index (χ0v) is 20.4. The normalized spacial score (nSPS) is 13.8. The molecule has 7 heteroatoms. The largest absolute Gasteiger partial charge is 0.368 e. The van der Waals surface area contributed by atoms with Crippen molar-refractivity contribution in [3.63, 3.8) is 0 Å². The number of aromatic nitrogens is 2. The zero-order chi connectivity index (χ0) is 23.2. The lowest BCUT2D eigenvalue weighted by Gasteiger charge is -2.37. The molecule has 0 saturated carbocycles. The van der Waals surface area contributed by atoms with Gasteiger partial charge in [-0.15, -0.1) is 0 Å². The molecule has 0 bridgehead atoms. The highest BCUT2D eigenvalue weighted by Crippen LogP contribution is 2.29. The molecule has 0 radical (unpaired) electrons. The molecule has 0 aliphatic carbocycles. The van der Waals surface area contributed by atoms with Gasteiger partial charge in [0.2, 0.25) is 5.91 Å². The van der Waals surface area contributed by atoms with E-state index in [1.165, 1.54) is 34.1 Å². The summed E-state index contributed by atoms with van der Waals surface area (Å²) in [6, 6.07) is 14.7. The van der Waals surface area contributed by atoms with Crippen molar-refractivity contribution in [2.75, 3.05) is 41.7 Å². The van der Waals surface area contributed by atoms with Gasteiger partial charge < -0.3 is 15.1 Å². The van der Waals surface area contributed by atoms with Crippen molar-refractivity contribution in [1.82, 2.24) is 15.3 Å². The van der Waals surface area contributed by atoms with Gasteiger partial charge in [-0.3, -0.25) is 4.79 Å². The second-order valence-corrected chi connectivity index (χ2v) is 9.39. The van der Waals surface area contributed by atoms with Crippen molar-refractivity contribution in [3.8, 4) is 0 Å². The van der Waals surface area contributed by atoms with Gasteiger partial charge in [-0.2, -0.15) is 0 Å². The first-order chi connectivity index (χ1) is 16.0. The Morgan fingerprint density at radius 1 is 0.939 bits per heavy atom. The molecule has 6 nitrogen and oxygen atoms in total. The van der Waals surface area contributed by atoms with Gasteiger partial charge in [0.15, 0.2) is 5.82 Å². The summed E-state index contributed by atoms with van der Waals surface area (Å²) in [5, 5.41) is 3.80. The summed E-state index contributed by atoms with van der Waals surface area (Å²) in [5.74, 6) is 1.19. The quantitative estimate of drug-likeness (QED) is 0.534. The third kappa shape index (κ3) is 5.85. The fourth-order valence-electron chi connectivity index (χ4n) is 3.97. The van der Waals surface area contributed by atoms with E-state index in [-0.39, 0.29) is 5.91 Å². The molecule has 0 spiro atoms. The molecule has 0 unspecified atom stereocenters. The number of thioether (sulfide) groups is 1. The first-order valence-electron chi connectivity index (χ1n) is 11.3. The molecule has 2 aromatic carbocycles. The number of hydrogen-bond acceptors (Lipinski definition) is 6. The van der Waals surface area contributed by atoms with Gasteiger partial charge >= 0.3 is 0 Å². The van der Waals surface area contributed by atoms with E-state index in [0.717, 1.165) is 42.6 Å². The van der Waals surface area contributed by atoms with E-state index in [1.54, 1.807) is 12.4 Å². The fourth-order valence-corrected chi connectivity index (χ4v) is 4.78. The van der Waals surface area contributed by atoms with E-state index < -0.39 is 0 Å². The van der Waals surface area contributed by atoms with Crippen LogP contribution in [-0.2, 0) is 11.3 Å². The van der Waals surface area contributed by atoms with Crippen molar-refractivity contribution in [1.29, 1.82) is 0 Å². The van der Waals surface area contributed by atoms with E-state index in [9.17, 15) is 4.79 Å². The second-order valence-electron chi connectivity index (χ2n) is 8.43. The average Bonchev–Trinajstić information content (AvgIpc) is 2.84. The monoisotopic (exact) mass is 461 g/mol. The lowest BCUT2D eigenvalue weighted by molar-refractivity contribution is -0.118. The number of amides is 1. The predicted octanol–water partition coefficient (Wildman–Crippen LogP) is 4.14. The zero-order valence-electron chi connectivity index (χ0n) is 19.5. The van der Waals surface area contributed by atoms with E-state index in [1.807, 2.05) is 12.1 Å². The molecule has 3 aromatic rings. The number of nitrogens with zero attached hydrogens (tertiary/aromatic N) is 4. The average molecular weight is 462 g/mol. The summed E-state index contributed by atoms with van der Waals surface area (Å²) in [4.78, 5) is 26.3. The number of anilines is 2. The first kappa shape index (κ1) is 23.1. The Balaban J connectivity index is 1.32. The van der Waals surface area contributed by atoms with Crippen LogP contribution < -0.4 is 15.1 Å². The van der Waals surface area contributed by atoms with Crippen LogP contribution >= 0.6 is 11.8 Å². The van der Waals surface area contributed by atoms with Crippen LogP contribution in [0.4, 0.5) is 11.5 Å². The maximum atomic E-state index is 12.4. The van der Waals surface area contributed by atoms with E-state index in [2.05, 4.69) is 76.2 Å². The first-order valence-corrected chi connectivity index (χ1v) is 12.3. The summed E-state index contributed by atoms with van der Waals surface area (Å²) < 4.78 is 0. The minimum atomic E-state index is -0.00285.